The van der Waals surface area contributed by atoms with E-state index >= 15 is 0 Å². The molecule has 8 nitrogen and oxygen atoms in total. The second kappa shape index (κ2) is 11.8. The summed E-state index contributed by atoms with van der Waals surface area (Å²) in [6.07, 6.45) is 1.62. The van der Waals surface area contributed by atoms with Gasteiger partial charge in [0.2, 0.25) is 0 Å². The lowest BCUT2D eigenvalue weighted by Gasteiger charge is -2.12. The molecule has 2 aromatic carbocycles. The van der Waals surface area contributed by atoms with Gasteiger partial charge in [-0.1, -0.05) is 24.3 Å². The van der Waals surface area contributed by atoms with E-state index in [1.165, 1.54) is 12.1 Å². The Labute approximate surface area is 191 Å². The van der Waals surface area contributed by atoms with Crippen LogP contribution in [0.5, 0.6) is 5.75 Å². The van der Waals surface area contributed by atoms with E-state index in [1.807, 2.05) is 36.4 Å². The fraction of sp³-hybridized carbons (Fsp3) is 0.190. The number of non-ortho nitro benzene ring substituents is 1. The van der Waals surface area contributed by atoms with Gasteiger partial charge in [0.15, 0.2) is 5.96 Å². The maximum Gasteiger partial charge on any atom is 0.269 e. The number of guanidine groups is 1. The molecule has 1 aromatic heterocycles. The van der Waals surface area contributed by atoms with Gasteiger partial charge < -0.3 is 19.8 Å². The second-order valence-electron chi connectivity index (χ2n) is 6.22. The molecule has 0 amide bonds. The largest absolute Gasteiger partial charge is 0.497 e. The highest BCUT2D eigenvalue weighted by atomic mass is 127. The molecule has 158 valence electrons. The zero-order chi connectivity index (χ0) is 20.5. The third kappa shape index (κ3) is 7.07. The van der Waals surface area contributed by atoms with Crippen molar-refractivity contribution in [1.82, 2.24) is 10.6 Å². The number of furan rings is 1. The van der Waals surface area contributed by atoms with Crippen LogP contribution < -0.4 is 15.4 Å². The Bertz CT molecular complexity index is 942. The number of ether oxygens (including phenoxy) is 1. The van der Waals surface area contributed by atoms with E-state index < -0.39 is 4.92 Å². The number of benzene rings is 2. The lowest BCUT2D eigenvalue weighted by molar-refractivity contribution is -0.384. The Morgan fingerprint density at radius 1 is 1.03 bits per heavy atom. The van der Waals surface area contributed by atoms with Crippen molar-refractivity contribution in [1.29, 1.82) is 0 Å². The smallest absolute Gasteiger partial charge is 0.269 e. The van der Waals surface area contributed by atoms with Gasteiger partial charge in [0.1, 0.15) is 11.5 Å². The molecule has 0 aliphatic heterocycles. The molecule has 0 aliphatic carbocycles. The van der Waals surface area contributed by atoms with Gasteiger partial charge in [-0.15, -0.1) is 24.0 Å². The summed E-state index contributed by atoms with van der Waals surface area (Å²) in [7, 11) is 1.63. The molecular weight excluding hydrogens is 499 g/mol. The van der Waals surface area contributed by atoms with Crippen LogP contribution in [0.2, 0.25) is 0 Å². The summed E-state index contributed by atoms with van der Waals surface area (Å²) in [4.78, 5) is 15.0. The van der Waals surface area contributed by atoms with Crippen molar-refractivity contribution < 1.29 is 14.1 Å². The zero-order valence-electron chi connectivity index (χ0n) is 16.4. The molecule has 9 heteroatoms. The fourth-order valence-electron chi connectivity index (χ4n) is 2.58. The number of nitro benzene ring substituents is 1. The van der Waals surface area contributed by atoms with E-state index in [4.69, 9.17) is 9.15 Å². The van der Waals surface area contributed by atoms with E-state index in [-0.39, 0.29) is 29.7 Å². The van der Waals surface area contributed by atoms with Crippen molar-refractivity contribution in [3.63, 3.8) is 0 Å². The van der Waals surface area contributed by atoms with E-state index in [9.17, 15) is 10.1 Å². The Morgan fingerprint density at radius 3 is 2.30 bits per heavy atom. The lowest BCUT2D eigenvalue weighted by atomic mass is 10.2. The first-order chi connectivity index (χ1) is 14.1. The molecule has 0 fully saturated rings. The fourth-order valence-corrected chi connectivity index (χ4v) is 2.58. The molecule has 0 aliphatic rings. The third-order valence-corrected chi connectivity index (χ3v) is 4.20. The van der Waals surface area contributed by atoms with Gasteiger partial charge >= 0.3 is 0 Å². The molecule has 0 saturated carbocycles. The molecule has 3 rings (SSSR count). The summed E-state index contributed by atoms with van der Waals surface area (Å²) in [5.74, 6) is 2.19. The minimum absolute atomic E-state index is 0. The highest BCUT2D eigenvalue weighted by Crippen LogP contribution is 2.13. The summed E-state index contributed by atoms with van der Waals surface area (Å²) in [5.41, 5.74) is 2.02. The Hall–Kier alpha value is -3.08. The molecule has 0 spiro atoms. The monoisotopic (exact) mass is 522 g/mol. The molecule has 1 heterocycles. The van der Waals surface area contributed by atoms with Crippen molar-refractivity contribution in [2.75, 3.05) is 7.11 Å². The van der Waals surface area contributed by atoms with Crippen molar-refractivity contribution in [2.24, 2.45) is 4.99 Å². The van der Waals surface area contributed by atoms with Crippen molar-refractivity contribution in [2.45, 2.75) is 19.6 Å². The van der Waals surface area contributed by atoms with Crippen LogP contribution in [0, 0.1) is 10.1 Å². The number of hydrogen-bond donors (Lipinski definition) is 2. The summed E-state index contributed by atoms with van der Waals surface area (Å²) >= 11 is 0. The topological polar surface area (TPSA) is 102 Å². The van der Waals surface area contributed by atoms with E-state index in [0.29, 0.717) is 25.6 Å². The van der Waals surface area contributed by atoms with Gasteiger partial charge in [-0.05, 0) is 35.4 Å². The number of methoxy groups -OCH3 is 1. The lowest BCUT2D eigenvalue weighted by Crippen LogP contribution is -2.36. The van der Waals surface area contributed by atoms with Crippen LogP contribution in [0.1, 0.15) is 16.9 Å². The highest BCUT2D eigenvalue weighted by molar-refractivity contribution is 14.0. The molecule has 0 bridgehead atoms. The summed E-state index contributed by atoms with van der Waals surface area (Å²) in [6.45, 7) is 1.45. The predicted octanol–water partition coefficient (Wildman–Crippen LogP) is 4.25. The number of rotatable bonds is 8. The standard InChI is InChI=1S/C21H22N4O4.HI/c1-28-19-10-6-17(7-11-19)14-23-21(24-15-20-3-2-12-29-20)22-13-16-4-8-18(9-5-16)25(26)27;/h2-12H,13-15H2,1H3,(H2,22,23,24);1H. The predicted molar refractivity (Wildman–Crippen MR) is 125 cm³/mol. The third-order valence-electron chi connectivity index (χ3n) is 4.20. The maximum absolute atomic E-state index is 10.8. The number of nitro groups is 1. The first-order valence-electron chi connectivity index (χ1n) is 9.05. The number of halogens is 1. The van der Waals surface area contributed by atoms with Gasteiger partial charge in [0.25, 0.3) is 5.69 Å². The van der Waals surface area contributed by atoms with Crippen LogP contribution in [-0.4, -0.2) is 18.0 Å². The van der Waals surface area contributed by atoms with Gasteiger partial charge in [-0.25, -0.2) is 4.99 Å². The zero-order valence-corrected chi connectivity index (χ0v) is 18.7. The average Bonchev–Trinajstić information content (AvgIpc) is 3.27. The van der Waals surface area contributed by atoms with E-state index in [1.54, 1.807) is 25.5 Å². The van der Waals surface area contributed by atoms with Crippen LogP contribution in [0.3, 0.4) is 0 Å². The van der Waals surface area contributed by atoms with E-state index in [0.717, 1.165) is 22.6 Å². The summed E-state index contributed by atoms with van der Waals surface area (Å²) in [6, 6.07) is 17.8. The highest BCUT2D eigenvalue weighted by Gasteiger charge is 2.06. The minimum atomic E-state index is -0.413. The second-order valence-corrected chi connectivity index (χ2v) is 6.22. The molecule has 0 unspecified atom stereocenters. The summed E-state index contributed by atoms with van der Waals surface area (Å²) in [5, 5.41) is 17.2. The number of aliphatic imine (C=N–C) groups is 1. The molecule has 0 radical (unpaired) electrons. The molecule has 30 heavy (non-hydrogen) atoms. The van der Waals surface area contributed by atoms with Crippen molar-refractivity contribution in [3.05, 3.63) is 93.9 Å². The Kier molecular flexibility index (Phi) is 9.13. The van der Waals surface area contributed by atoms with E-state index in [2.05, 4.69) is 15.6 Å². The van der Waals surface area contributed by atoms with Gasteiger partial charge in [0.05, 0.1) is 31.4 Å². The summed E-state index contributed by atoms with van der Waals surface area (Å²) < 4.78 is 10.5. The number of nitrogens with zero attached hydrogens (tertiary/aromatic N) is 2. The first-order valence-corrected chi connectivity index (χ1v) is 9.05. The number of nitrogens with one attached hydrogen (secondary N) is 2. The van der Waals surface area contributed by atoms with Crippen molar-refractivity contribution in [3.8, 4) is 5.75 Å². The Morgan fingerprint density at radius 2 is 1.70 bits per heavy atom. The van der Waals surface area contributed by atoms with Gasteiger partial charge in [-0.2, -0.15) is 0 Å². The van der Waals surface area contributed by atoms with Crippen molar-refractivity contribution >= 4 is 35.6 Å². The van der Waals surface area contributed by atoms with Crippen LogP contribution in [0.15, 0.2) is 76.3 Å². The maximum atomic E-state index is 10.8. The molecule has 2 N–H and O–H groups in total. The molecule has 0 saturated heterocycles. The quantitative estimate of drug-likeness (QED) is 0.151. The minimum Gasteiger partial charge on any atom is -0.497 e. The SMILES string of the molecule is COc1ccc(CN=C(NCc2ccc([N+](=O)[O-])cc2)NCc2ccco2)cc1.I. The van der Waals surface area contributed by atoms with Gasteiger partial charge in [0, 0.05) is 18.7 Å². The molecule has 0 atom stereocenters. The molecule has 3 aromatic rings. The first kappa shape index (κ1) is 23.2. The van der Waals surface area contributed by atoms with Crippen LogP contribution in [0.4, 0.5) is 5.69 Å². The van der Waals surface area contributed by atoms with Crippen LogP contribution >= 0.6 is 24.0 Å². The van der Waals surface area contributed by atoms with Gasteiger partial charge in [-0.3, -0.25) is 10.1 Å². The Balaban J connectivity index is 0.00000320. The average molecular weight is 522 g/mol. The molecular formula is C21H23IN4O4. The number of hydrogen-bond acceptors (Lipinski definition) is 5. The van der Waals surface area contributed by atoms with Crippen LogP contribution in [-0.2, 0) is 19.6 Å². The van der Waals surface area contributed by atoms with Crippen LogP contribution in [0.25, 0.3) is 0 Å². The normalized spacial score (nSPS) is 10.8.